The third-order valence-electron chi connectivity index (χ3n) is 2.16. The molecule has 1 heterocycles. The summed E-state index contributed by atoms with van der Waals surface area (Å²) < 4.78 is 0.971. The molecule has 0 aliphatic heterocycles. The quantitative estimate of drug-likeness (QED) is 0.891. The van der Waals surface area contributed by atoms with Crippen molar-refractivity contribution in [3.8, 4) is 6.07 Å². The van der Waals surface area contributed by atoms with Crippen LogP contribution >= 0.6 is 38.9 Å². The molecule has 0 amide bonds. The Hall–Kier alpha value is -1.02. The molecule has 0 unspecified atom stereocenters. The number of thiophene rings is 1. The highest BCUT2D eigenvalue weighted by Gasteiger charge is 2.02. The van der Waals surface area contributed by atoms with Gasteiger partial charge in [0.25, 0.3) is 0 Å². The number of anilines is 1. The van der Waals surface area contributed by atoms with Crippen molar-refractivity contribution in [2.45, 2.75) is 6.54 Å². The lowest BCUT2D eigenvalue weighted by atomic mass is 10.3. The van der Waals surface area contributed by atoms with E-state index in [1.165, 1.54) is 0 Å². The van der Waals surface area contributed by atoms with Crippen LogP contribution in [0.15, 0.2) is 34.1 Å². The first-order valence-electron chi connectivity index (χ1n) is 4.85. The van der Waals surface area contributed by atoms with Gasteiger partial charge in [0.15, 0.2) is 0 Å². The summed E-state index contributed by atoms with van der Waals surface area (Å²) in [6.07, 6.45) is 0. The van der Waals surface area contributed by atoms with Gasteiger partial charge in [0.2, 0.25) is 0 Å². The van der Waals surface area contributed by atoms with Crippen molar-refractivity contribution in [3.05, 3.63) is 49.6 Å². The highest BCUT2D eigenvalue weighted by atomic mass is 79.9. The van der Waals surface area contributed by atoms with Gasteiger partial charge < -0.3 is 5.32 Å². The van der Waals surface area contributed by atoms with Crippen LogP contribution in [-0.4, -0.2) is 0 Å². The first-order chi connectivity index (χ1) is 8.19. The topological polar surface area (TPSA) is 35.8 Å². The Balaban J connectivity index is 2.07. The molecule has 0 bridgehead atoms. The first-order valence-corrected chi connectivity index (χ1v) is 6.90. The second kappa shape index (κ2) is 5.54. The summed E-state index contributed by atoms with van der Waals surface area (Å²) in [7, 11) is 0. The molecule has 1 aromatic carbocycles. The van der Waals surface area contributed by atoms with E-state index >= 15 is 0 Å². The van der Waals surface area contributed by atoms with E-state index < -0.39 is 0 Å². The average Bonchev–Trinajstić information content (AvgIpc) is 2.78. The lowest BCUT2D eigenvalue weighted by Crippen LogP contribution is -1.98. The maximum atomic E-state index is 8.73. The Bertz CT molecular complexity index is 574. The molecular formula is C12H8BrClN2S. The Morgan fingerprint density at radius 2 is 2.24 bits per heavy atom. The molecular weight excluding hydrogens is 320 g/mol. The van der Waals surface area contributed by atoms with Gasteiger partial charge in [0.05, 0.1) is 11.3 Å². The number of benzene rings is 1. The Kier molecular flexibility index (Phi) is 4.06. The summed E-state index contributed by atoms with van der Waals surface area (Å²) in [6, 6.07) is 9.60. The van der Waals surface area contributed by atoms with E-state index in [1.54, 1.807) is 11.3 Å². The first kappa shape index (κ1) is 12.4. The zero-order valence-electron chi connectivity index (χ0n) is 8.71. The Labute approximate surface area is 117 Å². The lowest BCUT2D eigenvalue weighted by Gasteiger charge is -2.07. The summed E-state index contributed by atoms with van der Waals surface area (Å²) in [5.74, 6) is 0. The average molecular weight is 328 g/mol. The maximum Gasteiger partial charge on any atom is 0.100 e. The predicted octanol–water partition coefficient (Wildman–Crippen LogP) is 4.65. The summed E-state index contributed by atoms with van der Waals surface area (Å²) in [5, 5.41) is 14.6. The number of rotatable bonds is 3. The monoisotopic (exact) mass is 326 g/mol. The zero-order valence-corrected chi connectivity index (χ0v) is 11.9. The molecule has 0 spiro atoms. The maximum absolute atomic E-state index is 8.73. The van der Waals surface area contributed by atoms with Gasteiger partial charge in [-0.1, -0.05) is 11.6 Å². The van der Waals surface area contributed by atoms with Crippen molar-refractivity contribution < 1.29 is 0 Å². The van der Waals surface area contributed by atoms with Gasteiger partial charge in [-0.2, -0.15) is 5.26 Å². The Morgan fingerprint density at radius 3 is 2.94 bits per heavy atom. The number of halogens is 2. The molecule has 2 rings (SSSR count). The van der Waals surface area contributed by atoms with Gasteiger partial charge in [-0.05, 0) is 40.2 Å². The third kappa shape index (κ3) is 3.22. The summed E-state index contributed by atoms with van der Waals surface area (Å²) in [5.41, 5.74) is 1.65. The predicted molar refractivity (Wildman–Crippen MR) is 75.5 cm³/mol. The molecule has 0 saturated carbocycles. The smallest absolute Gasteiger partial charge is 0.100 e. The van der Waals surface area contributed by atoms with Gasteiger partial charge in [-0.3, -0.25) is 0 Å². The van der Waals surface area contributed by atoms with Crippen LogP contribution in [0.2, 0.25) is 5.02 Å². The van der Waals surface area contributed by atoms with Crippen LogP contribution in [0.4, 0.5) is 5.69 Å². The van der Waals surface area contributed by atoms with E-state index in [2.05, 4.69) is 27.3 Å². The fourth-order valence-corrected chi connectivity index (χ4v) is 2.66. The molecule has 0 aliphatic carbocycles. The summed E-state index contributed by atoms with van der Waals surface area (Å²) in [4.78, 5) is 1.12. The van der Waals surface area contributed by atoms with Gasteiger partial charge in [-0.15, -0.1) is 11.3 Å². The van der Waals surface area contributed by atoms with E-state index in [-0.39, 0.29) is 0 Å². The molecule has 0 saturated heterocycles. The van der Waals surface area contributed by atoms with Crippen LogP contribution in [0, 0.1) is 11.3 Å². The minimum absolute atomic E-state index is 0.686. The van der Waals surface area contributed by atoms with Crippen LogP contribution in [0.5, 0.6) is 0 Å². The van der Waals surface area contributed by atoms with Crippen LogP contribution < -0.4 is 5.32 Å². The van der Waals surface area contributed by atoms with Crippen LogP contribution in [-0.2, 0) is 6.54 Å². The number of nitriles is 1. The Morgan fingerprint density at radius 1 is 1.41 bits per heavy atom. The number of nitrogens with zero attached hydrogens (tertiary/aromatic N) is 1. The van der Waals surface area contributed by atoms with Crippen molar-refractivity contribution in [1.82, 2.24) is 0 Å². The van der Waals surface area contributed by atoms with Crippen LogP contribution in [0.25, 0.3) is 0 Å². The third-order valence-corrected chi connectivity index (χ3v) is 4.03. The summed E-state index contributed by atoms with van der Waals surface area (Å²) >= 11 is 10.9. The SMILES string of the molecule is N#Cc1csc(CNc2cc(Cl)ccc2Br)c1. The number of hydrogen-bond donors (Lipinski definition) is 1. The molecule has 0 aliphatic rings. The fourth-order valence-electron chi connectivity index (χ4n) is 1.35. The minimum Gasteiger partial charge on any atom is -0.379 e. The normalized spacial score (nSPS) is 9.94. The van der Waals surface area contributed by atoms with Crippen molar-refractivity contribution in [2.75, 3.05) is 5.32 Å². The standard InChI is InChI=1S/C12H8BrClN2S/c13-11-2-1-9(14)4-12(11)16-6-10-3-8(5-15)7-17-10/h1-4,7,16H,6H2. The summed E-state index contributed by atoms with van der Waals surface area (Å²) in [6.45, 7) is 0.686. The van der Waals surface area contributed by atoms with Gasteiger partial charge in [0.1, 0.15) is 6.07 Å². The minimum atomic E-state index is 0.686. The van der Waals surface area contributed by atoms with Gasteiger partial charge >= 0.3 is 0 Å². The van der Waals surface area contributed by atoms with Crippen LogP contribution in [0.3, 0.4) is 0 Å². The van der Waals surface area contributed by atoms with E-state index in [1.807, 2.05) is 29.6 Å². The highest BCUT2D eigenvalue weighted by molar-refractivity contribution is 9.10. The second-order valence-corrected chi connectivity index (χ2v) is 5.68. The van der Waals surface area contributed by atoms with Crippen molar-refractivity contribution in [1.29, 1.82) is 5.26 Å². The molecule has 5 heteroatoms. The van der Waals surface area contributed by atoms with Gasteiger partial charge in [0, 0.05) is 26.3 Å². The molecule has 2 nitrogen and oxygen atoms in total. The van der Waals surface area contributed by atoms with Crippen LogP contribution in [0.1, 0.15) is 10.4 Å². The number of nitrogens with one attached hydrogen (secondary N) is 1. The largest absolute Gasteiger partial charge is 0.379 e. The molecule has 86 valence electrons. The van der Waals surface area contributed by atoms with E-state index in [0.29, 0.717) is 17.1 Å². The number of hydrogen-bond acceptors (Lipinski definition) is 3. The molecule has 1 N–H and O–H groups in total. The lowest BCUT2D eigenvalue weighted by molar-refractivity contribution is 1.19. The van der Waals surface area contributed by atoms with Crippen molar-refractivity contribution in [3.63, 3.8) is 0 Å². The zero-order chi connectivity index (χ0) is 12.3. The molecule has 2 aromatic rings. The van der Waals surface area contributed by atoms with E-state index in [4.69, 9.17) is 16.9 Å². The molecule has 0 fully saturated rings. The van der Waals surface area contributed by atoms with Crippen molar-refractivity contribution in [2.24, 2.45) is 0 Å². The van der Waals surface area contributed by atoms with Gasteiger partial charge in [-0.25, -0.2) is 0 Å². The fraction of sp³-hybridized carbons (Fsp3) is 0.0833. The molecule has 0 atom stereocenters. The molecule has 1 aromatic heterocycles. The second-order valence-electron chi connectivity index (χ2n) is 3.39. The van der Waals surface area contributed by atoms with Crippen molar-refractivity contribution >= 4 is 44.6 Å². The molecule has 17 heavy (non-hydrogen) atoms. The van der Waals surface area contributed by atoms with E-state index in [9.17, 15) is 0 Å². The highest BCUT2D eigenvalue weighted by Crippen LogP contribution is 2.27. The van der Waals surface area contributed by atoms with E-state index in [0.717, 1.165) is 15.0 Å². The molecule has 0 radical (unpaired) electrons.